The van der Waals surface area contributed by atoms with E-state index >= 15 is 0 Å². The molecule has 84 valence electrons. The number of benzene rings is 1. The molecule has 5 heteroatoms. The molecule has 15 heavy (non-hydrogen) atoms. The largest absolute Gasteiger partial charge is 0.403 e. The van der Waals surface area contributed by atoms with Crippen molar-refractivity contribution in [2.24, 2.45) is 0 Å². The van der Waals surface area contributed by atoms with Gasteiger partial charge in [0.05, 0.1) is 0 Å². The molecule has 0 spiro atoms. The van der Waals surface area contributed by atoms with E-state index in [1.165, 1.54) is 24.3 Å². The smallest absolute Gasteiger partial charge is 0.302 e. The lowest BCUT2D eigenvalue weighted by atomic mass is 10.2. The monoisotopic (exact) mass is 221 g/mol. The van der Waals surface area contributed by atoms with Gasteiger partial charge in [-0.3, -0.25) is 0 Å². The Morgan fingerprint density at radius 2 is 1.73 bits per heavy atom. The fourth-order valence-corrected chi connectivity index (χ4v) is 0.989. The fraction of sp³-hybridized carbons (Fsp3) is 0.400. The van der Waals surface area contributed by atoms with Crippen molar-refractivity contribution in [3.63, 3.8) is 0 Å². The highest BCUT2D eigenvalue weighted by Crippen LogP contribution is 2.19. The van der Waals surface area contributed by atoms with Crippen molar-refractivity contribution >= 4 is 0 Å². The molecular weight excluding hydrogens is 210 g/mol. The lowest BCUT2D eigenvalue weighted by Gasteiger charge is -2.16. The standard InChI is InChI=1S/C10H11F4N/c1-7(10(12,13)14)15-6-8-2-4-9(11)5-3-8/h2-5,7,15H,6H2,1H3/t7-/m1/s1. The molecule has 0 aliphatic carbocycles. The van der Waals surface area contributed by atoms with Crippen LogP contribution in [0.25, 0.3) is 0 Å². The zero-order chi connectivity index (χ0) is 11.5. The summed E-state index contributed by atoms with van der Waals surface area (Å²) in [7, 11) is 0. The van der Waals surface area contributed by atoms with Crippen LogP contribution in [0.4, 0.5) is 17.6 Å². The average molecular weight is 221 g/mol. The van der Waals surface area contributed by atoms with Crippen molar-refractivity contribution in [3.05, 3.63) is 35.6 Å². The Labute approximate surface area is 85.1 Å². The van der Waals surface area contributed by atoms with Gasteiger partial charge in [0.2, 0.25) is 0 Å². The second-order valence-corrected chi connectivity index (χ2v) is 3.27. The van der Waals surface area contributed by atoms with Crippen LogP contribution in [-0.4, -0.2) is 12.2 Å². The highest BCUT2D eigenvalue weighted by molar-refractivity contribution is 5.15. The minimum atomic E-state index is -4.25. The molecule has 0 heterocycles. The van der Waals surface area contributed by atoms with Gasteiger partial charge in [0.25, 0.3) is 0 Å². The number of nitrogens with one attached hydrogen (secondary N) is 1. The van der Waals surface area contributed by atoms with E-state index in [-0.39, 0.29) is 6.54 Å². The maximum Gasteiger partial charge on any atom is 0.403 e. The molecule has 0 aliphatic rings. The number of rotatable bonds is 3. The molecular formula is C10H11F4N. The summed E-state index contributed by atoms with van der Waals surface area (Å²) in [4.78, 5) is 0. The predicted octanol–water partition coefficient (Wildman–Crippen LogP) is 2.87. The van der Waals surface area contributed by atoms with Crippen molar-refractivity contribution in [1.82, 2.24) is 5.32 Å². The summed E-state index contributed by atoms with van der Waals surface area (Å²) >= 11 is 0. The van der Waals surface area contributed by atoms with Crippen LogP contribution in [-0.2, 0) is 6.54 Å². The van der Waals surface area contributed by atoms with E-state index in [1.807, 2.05) is 0 Å². The molecule has 0 fully saturated rings. The maximum atomic E-state index is 12.5. The van der Waals surface area contributed by atoms with E-state index in [4.69, 9.17) is 0 Å². The Kier molecular flexibility index (Phi) is 3.68. The van der Waals surface area contributed by atoms with Crippen molar-refractivity contribution in [3.8, 4) is 0 Å². The Hall–Kier alpha value is -1.10. The Morgan fingerprint density at radius 3 is 2.20 bits per heavy atom. The summed E-state index contributed by atoms with van der Waals surface area (Å²) < 4.78 is 48.8. The van der Waals surface area contributed by atoms with Crippen molar-refractivity contribution < 1.29 is 17.6 Å². The van der Waals surface area contributed by atoms with Gasteiger partial charge >= 0.3 is 6.18 Å². The molecule has 1 nitrogen and oxygen atoms in total. The van der Waals surface area contributed by atoms with Gasteiger partial charge in [-0.25, -0.2) is 4.39 Å². The molecule has 1 rings (SSSR count). The topological polar surface area (TPSA) is 12.0 Å². The van der Waals surface area contributed by atoms with Gasteiger partial charge in [0.1, 0.15) is 11.9 Å². The van der Waals surface area contributed by atoms with Gasteiger partial charge in [-0.2, -0.15) is 13.2 Å². The Balaban J connectivity index is 2.47. The summed E-state index contributed by atoms with van der Waals surface area (Å²) in [6.45, 7) is 1.12. The third kappa shape index (κ3) is 3.87. The fourth-order valence-electron chi connectivity index (χ4n) is 0.989. The van der Waals surface area contributed by atoms with Crippen molar-refractivity contribution in [2.75, 3.05) is 0 Å². The van der Waals surface area contributed by atoms with Gasteiger partial charge in [-0.15, -0.1) is 0 Å². The first kappa shape index (κ1) is 12.0. The molecule has 1 N–H and O–H groups in total. The number of hydrogen-bond acceptors (Lipinski definition) is 1. The summed E-state index contributed by atoms with van der Waals surface area (Å²) in [5.41, 5.74) is 0.618. The van der Waals surface area contributed by atoms with Crippen LogP contribution in [0.2, 0.25) is 0 Å². The molecule has 0 aromatic heterocycles. The van der Waals surface area contributed by atoms with Crippen molar-refractivity contribution in [1.29, 1.82) is 0 Å². The molecule has 0 unspecified atom stereocenters. The first-order valence-corrected chi connectivity index (χ1v) is 4.44. The van der Waals surface area contributed by atoms with Gasteiger partial charge in [-0.05, 0) is 24.6 Å². The third-order valence-electron chi connectivity index (χ3n) is 2.02. The second kappa shape index (κ2) is 4.61. The summed E-state index contributed by atoms with van der Waals surface area (Å²) in [6, 6.07) is 3.77. The van der Waals surface area contributed by atoms with E-state index in [9.17, 15) is 17.6 Å². The maximum absolute atomic E-state index is 12.5. The third-order valence-corrected chi connectivity index (χ3v) is 2.02. The van der Waals surface area contributed by atoms with Crippen LogP contribution in [0.15, 0.2) is 24.3 Å². The van der Waals surface area contributed by atoms with E-state index in [1.54, 1.807) is 0 Å². The van der Waals surface area contributed by atoms with Gasteiger partial charge in [0, 0.05) is 6.54 Å². The molecule has 0 radical (unpaired) electrons. The molecule has 1 aromatic rings. The highest BCUT2D eigenvalue weighted by atomic mass is 19.4. The second-order valence-electron chi connectivity index (χ2n) is 3.27. The molecule has 1 aromatic carbocycles. The normalized spacial score (nSPS) is 13.9. The first-order valence-electron chi connectivity index (χ1n) is 4.44. The minimum absolute atomic E-state index is 0.0704. The highest BCUT2D eigenvalue weighted by Gasteiger charge is 2.35. The van der Waals surface area contributed by atoms with Gasteiger partial charge in [0.15, 0.2) is 0 Å². The first-order chi connectivity index (χ1) is 6.89. The lowest BCUT2D eigenvalue weighted by molar-refractivity contribution is -0.151. The van der Waals surface area contributed by atoms with Crippen LogP contribution in [0, 0.1) is 5.82 Å². The van der Waals surface area contributed by atoms with E-state index in [2.05, 4.69) is 5.32 Å². The van der Waals surface area contributed by atoms with E-state index < -0.39 is 18.0 Å². The van der Waals surface area contributed by atoms with E-state index in [0.717, 1.165) is 6.92 Å². The predicted molar refractivity (Wildman–Crippen MR) is 48.8 cm³/mol. The summed E-state index contributed by atoms with van der Waals surface area (Å²) in [5, 5.41) is 2.31. The molecule has 0 bridgehead atoms. The van der Waals surface area contributed by atoms with Crippen molar-refractivity contribution in [2.45, 2.75) is 25.7 Å². The molecule has 0 saturated heterocycles. The molecule has 1 atom stereocenters. The summed E-state index contributed by atoms with van der Waals surface area (Å²) in [6.07, 6.45) is -4.25. The number of alkyl halides is 3. The zero-order valence-electron chi connectivity index (χ0n) is 8.11. The van der Waals surface area contributed by atoms with Crippen LogP contribution < -0.4 is 5.32 Å². The quantitative estimate of drug-likeness (QED) is 0.774. The van der Waals surface area contributed by atoms with Gasteiger partial charge in [-0.1, -0.05) is 12.1 Å². The average Bonchev–Trinajstić information content (AvgIpc) is 2.15. The summed E-state index contributed by atoms with van der Waals surface area (Å²) in [5.74, 6) is -0.400. The van der Waals surface area contributed by atoms with Crippen LogP contribution in [0.3, 0.4) is 0 Å². The van der Waals surface area contributed by atoms with E-state index in [0.29, 0.717) is 5.56 Å². The molecule has 0 amide bonds. The van der Waals surface area contributed by atoms with Gasteiger partial charge < -0.3 is 5.32 Å². The zero-order valence-corrected chi connectivity index (χ0v) is 8.11. The Morgan fingerprint density at radius 1 is 1.20 bits per heavy atom. The Bertz CT molecular complexity index is 304. The van der Waals surface area contributed by atoms with Crippen LogP contribution in [0.5, 0.6) is 0 Å². The van der Waals surface area contributed by atoms with Crippen LogP contribution in [0.1, 0.15) is 12.5 Å². The number of halogens is 4. The lowest BCUT2D eigenvalue weighted by Crippen LogP contribution is -2.39. The minimum Gasteiger partial charge on any atom is -0.302 e. The number of hydrogen-bond donors (Lipinski definition) is 1. The van der Waals surface area contributed by atoms with Crippen LogP contribution >= 0.6 is 0 Å². The molecule has 0 saturated carbocycles. The molecule has 0 aliphatic heterocycles. The SMILES string of the molecule is C[C@@H](NCc1ccc(F)cc1)C(F)(F)F.